The molecule has 3 saturated heterocycles. The average molecular weight is 685 g/mol. The highest BCUT2D eigenvalue weighted by Gasteiger charge is 2.36. The number of benzene rings is 2. The lowest BCUT2D eigenvalue weighted by Gasteiger charge is -2.41. The number of phenols is 1. The molecular formula is C33H42BrN5O6. The van der Waals surface area contributed by atoms with E-state index in [2.05, 4.69) is 26.1 Å². The molecule has 0 saturated carbocycles. The van der Waals surface area contributed by atoms with Gasteiger partial charge in [0.15, 0.2) is 6.10 Å². The summed E-state index contributed by atoms with van der Waals surface area (Å²) in [6.07, 6.45) is 2.77. The molecule has 1 unspecified atom stereocenters. The molecule has 12 heteroatoms. The van der Waals surface area contributed by atoms with Crippen LogP contribution in [0.5, 0.6) is 5.75 Å². The van der Waals surface area contributed by atoms with Crippen molar-refractivity contribution < 1.29 is 29.0 Å². The summed E-state index contributed by atoms with van der Waals surface area (Å²) in [5.41, 5.74) is 2.75. The lowest BCUT2D eigenvalue weighted by Crippen LogP contribution is -2.56. The second-order valence-corrected chi connectivity index (χ2v) is 13.2. The Morgan fingerprint density at radius 2 is 1.67 bits per heavy atom. The van der Waals surface area contributed by atoms with Gasteiger partial charge in [0.1, 0.15) is 5.75 Å². The van der Waals surface area contributed by atoms with Crippen LogP contribution in [0.2, 0.25) is 0 Å². The van der Waals surface area contributed by atoms with Crippen LogP contribution in [0.25, 0.3) is 0 Å². The molecule has 242 valence electrons. The first-order valence-corrected chi connectivity index (χ1v) is 16.8. The van der Waals surface area contributed by atoms with Crippen molar-refractivity contribution in [3.05, 3.63) is 58.1 Å². The highest BCUT2D eigenvalue weighted by atomic mass is 79.9. The Morgan fingerprint density at radius 1 is 0.933 bits per heavy atom. The summed E-state index contributed by atoms with van der Waals surface area (Å²) in [7, 11) is 0. The van der Waals surface area contributed by atoms with Gasteiger partial charge in [0.2, 0.25) is 0 Å². The number of hydrogen-bond donors (Lipinski definition) is 2. The van der Waals surface area contributed by atoms with Crippen LogP contribution in [-0.2, 0) is 27.1 Å². The van der Waals surface area contributed by atoms with Gasteiger partial charge in [-0.3, -0.25) is 9.69 Å². The Hall–Kier alpha value is -3.35. The van der Waals surface area contributed by atoms with Gasteiger partial charge in [-0.2, -0.15) is 0 Å². The van der Waals surface area contributed by atoms with Crippen molar-refractivity contribution in [2.75, 3.05) is 64.3 Å². The van der Waals surface area contributed by atoms with E-state index in [0.29, 0.717) is 56.1 Å². The number of hydrogen-bond acceptors (Lipinski definition) is 7. The summed E-state index contributed by atoms with van der Waals surface area (Å²) in [5.74, 6) is -0.0948. The molecule has 4 heterocycles. The number of nitrogens with one attached hydrogen (secondary N) is 1. The number of nitrogens with zero attached hydrogens (tertiary/aromatic N) is 4. The number of piperazine rings is 1. The molecule has 45 heavy (non-hydrogen) atoms. The van der Waals surface area contributed by atoms with Crippen LogP contribution in [0, 0.1) is 0 Å². The molecule has 4 aliphatic heterocycles. The molecule has 2 aromatic rings. The summed E-state index contributed by atoms with van der Waals surface area (Å²) >= 11 is 3.36. The number of rotatable bonds is 6. The number of carbonyl (C=O) groups is 3. The first kappa shape index (κ1) is 31.6. The van der Waals surface area contributed by atoms with E-state index in [4.69, 9.17) is 9.47 Å². The topological polar surface area (TPSA) is 115 Å². The van der Waals surface area contributed by atoms with Crippen molar-refractivity contribution in [2.45, 2.75) is 56.7 Å². The number of fused-ring (bicyclic) bond motifs is 1. The second kappa shape index (κ2) is 14.4. The number of amides is 4. The van der Waals surface area contributed by atoms with Crippen LogP contribution in [0.1, 0.15) is 36.8 Å². The van der Waals surface area contributed by atoms with Gasteiger partial charge in [0, 0.05) is 83.2 Å². The Balaban J connectivity index is 1.07. The first-order valence-electron chi connectivity index (χ1n) is 16.0. The summed E-state index contributed by atoms with van der Waals surface area (Å²) in [6.45, 7) is 5.79. The number of ether oxygens (including phenoxy) is 2. The third-order valence-electron chi connectivity index (χ3n) is 9.59. The van der Waals surface area contributed by atoms with Gasteiger partial charge in [0.25, 0.3) is 5.91 Å². The van der Waals surface area contributed by atoms with Crippen molar-refractivity contribution in [1.29, 1.82) is 0 Å². The number of phenolic OH excluding ortho intramolecular Hbond substituents is 1. The normalized spacial score (nSPS) is 21.1. The van der Waals surface area contributed by atoms with E-state index >= 15 is 0 Å². The molecule has 2 aromatic carbocycles. The predicted octanol–water partition coefficient (Wildman–Crippen LogP) is 4.08. The van der Waals surface area contributed by atoms with E-state index in [1.807, 2.05) is 34.1 Å². The third-order valence-corrected chi connectivity index (χ3v) is 10.2. The Kier molecular flexibility index (Phi) is 10.1. The predicted molar refractivity (Wildman–Crippen MR) is 172 cm³/mol. The average Bonchev–Trinajstić information content (AvgIpc) is 3.24. The summed E-state index contributed by atoms with van der Waals surface area (Å²) < 4.78 is 12.0. The monoisotopic (exact) mass is 683 g/mol. The quantitative estimate of drug-likeness (QED) is 0.472. The van der Waals surface area contributed by atoms with E-state index in [1.165, 1.54) is 0 Å². The lowest BCUT2D eigenvalue weighted by molar-refractivity contribution is -0.143. The van der Waals surface area contributed by atoms with Gasteiger partial charge in [0.05, 0.1) is 4.47 Å². The van der Waals surface area contributed by atoms with E-state index in [9.17, 15) is 19.5 Å². The van der Waals surface area contributed by atoms with Crippen LogP contribution >= 0.6 is 15.9 Å². The maximum Gasteiger partial charge on any atom is 0.410 e. The van der Waals surface area contributed by atoms with Crippen LogP contribution < -0.4 is 5.32 Å². The van der Waals surface area contributed by atoms with Gasteiger partial charge >= 0.3 is 12.1 Å². The molecule has 6 rings (SSSR count). The summed E-state index contributed by atoms with van der Waals surface area (Å²) in [4.78, 5) is 48.2. The number of urea groups is 1. The molecule has 4 amide bonds. The zero-order valence-electron chi connectivity index (χ0n) is 25.5. The minimum absolute atomic E-state index is 0.0159. The fraction of sp³-hybridized carbons (Fsp3) is 0.545. The van der Waals surface area contributed by atoms with Crippen molar-refractivity contribution >= 4 is 39.6 Å². The van der Waals surface area contributed by atoms with Crippen LogP contribution in [0.3, 0.4) is 0 Å². The zero-order chi connectivity index (χ0) is 31.3. The number of halogens is 1. The maximum atomic E-state index is 13.9. The molecule has 0 radical (unpaired) electrons. The third kappa shape index (κ3) is 7.56. The van der Waals surface area contributed by atoms with Crippen molar-refractivity contribution in [2.24, 2.45) is 0 Å². The largest absolute Gasteiger partial charge is 0.507 e. The first-order chi connectivity index (χ1) is 21.9. The zero-order valence-corrected chi connectivity index (χ0v) is 27.1. The van der Waals surface area contributed by atoms with Gasteiger partial charge in [-0.25, -0.2) is 9.59 Å². The van der Waals surface area contributed by atoms with Crippen LogP contribution in [-0.4, -0.2) is 120 Å². The number of aromatic hydroxyl groups is 1. The molecule has 0 bridgehead atoms. The molecule has 0 spiro atoms. The lowest BCUT2D eigenvalue weighted by atomic mass is 10.0. The molecule has 11 nitrogen and oxygen atoms in total. The van der Waals surface area contributed by atoms with Crippen molar-refractivity contribution in [3.8, 4) is 5.75 Å². The highest BCUT2D eigenvalue weighted by Crippen LogP contribution is 2.27. The summed E-state index contributed by atoms with van der Waals surface area (Å²) in [6, 6.07) is 13.3. The van der Waals surface area contributed by atoms with Gasteiger partial charge in [-0.05, 0) is 77.4 Å². The Morgan fingerprint density at radius 3 is 2.40 bits per heavy atom. The molecule has 0 aromatic heterocycles. The molecular weight excluding hydrogens is 642 g/mol. The molecule has 0 aliphatic carbocycles. The maximum absolute atomic E-state index is 13.9. The Bertz CT molecular complexity index is 1370. The van der Waals surface area contributed by atoms with Gasteiger partial charge in [-0.1, -0.05) is 24.3 Å². The number of anilines is 1. The molecule has 1 atom stereocenters. The van der Waals surface area contributed by atoms with Crippen molar-refractivity contribution in [1.82, 2.24) is 19.6 Å². The smallest absolute Gasteiger partial charge is 0.410 e. The number of likely N-dealkylation sites (tertiary alicyclic amines) is 1. The molecule has 3 fully saturated rings. The fourth-order valence-corrected chi connectivity index (χ4v) is 7.35. The van der Waals surface area contributed by atoms with Gasteiger partial charge < -0.3 is 34.6 Å². The van der Waals surface area contributed by atoms with Gasteiger partial charge in [-0.15, -0.1) is 0 Å². The Labute approximate surface area is 272 Å². The van der Waals surface area contributed by atoms with Crippen molar-refractivity contribution in [3.63, 3.8) is 0 Å². The minimum atomic E-state index is -0.990. The van der Waals surface area contributed by atoms with E-state index in [1.54, 1.807) is 23.1 Å². The SMILES string of the molecule is O=C(OC(Cc1ccc(O)c(Br)c1)C(=O)N1CCN(C2CCOCC2)CC1)N1CCC(N2CCc3ccccc3NC2=O)CC1. The summed E-state index contributed by atoms with van der Waals surface area (Å²) in [5, 5.41) is 13.0. The highest BCUT2D eigenvalue weighted by molar-refractivity contribution is 9.10. The number of para-hydroxylation sites is 1. The fourth-order valence-electron chi connectivity index (χ4n) is 6.93. The molecule has 4 aliphatic rings. The van der Waals surface area contributed by atoms with Crippen LogP contribution in [0.15, 0.2) is 46.9 Å². The second-order valence-electron chi connectivity index (χ2n) is 12.3. The number of piperidine rings is 1. The minimum Gasteiger partial charge on any atom is -0.507 e. The van der Waals surface area contributed by atoms with E-state index in [0.717, 1.165) is 62.4 Å². The van der Waals surface area contributed by atoms with E-state index < -0.39 is 12.2 Å². The van der Waals surface area contributed by atoms with Crippen LogP contribution in [0.4, 0.5) is 15.3 Å². The standard InChI is InChI=1S/C33H42BrN5O6/c34-27-21-23(5-6-29(27)40)22-30(31(41)37-17-15-36(16-18-37)25-10-19-44-20-11-25)45-33(43)38-12-8-26(9-13-38)39-14-7-24-3-1-2-4-28(24)35-32(39)42/h1-6,21,25-26,30,40H,7-20,22H2,(H,35,42). The number of carbonyl (C=O) groups excluding carboxylic acids is 3. The van der Waals surface area contributed by atoms with E-state index in [-0.39, 0.29) is 30.2 Å². The molecule has 2 N–H and O–H groups in total.